The number of carbonyl (C=O) groups is 3. The summed E-state index contributed by atoms with van der Waals surface area (Å²) in [7, 11) is 0. The molecule has 2 aliphatic heterocycles. The van der Waals surface area contributed by atoms with Gasteiger partial charge in [-0.25, -0.2) is 9.89 Å². The van der Waals surface area contributed by atoms with E-state index < -0.39 is 29.5 Å². The van der Waals surface area contributed by atoms with E-state index in [1.807, 2.05) is 0 Å². The summed E-state index contributed by atoms with van der Waals surface area (Å²) in [5.74, 6) is -1.86. The molecule has 0 spiro atoms. The van der Waals surface area contributed by atoms with Crippen LogP contribution in [0.2, 0.25) is 0 Å². The molecule has 1 N–H and O–H groups in total. The van der Waals surface area contributed by atoms with Gasteiger partial charge in [-0.15, -0.1) is 0 Å². The number of para-hydroxylation sites is 2. The van der Waals surface area contributed by atoms with Gasteiger partial charge in [0.15, 0.2) is 5.17 Å². The number of thioether (sulfide) groups is 1. The maximum Gasteiger partial charge on any atom is 0.418 e. The number of nitrogens with one attached hydrogen (secondary N) is 1. The highest BCUT2D eigenvalue weighted by Gasteiger charge is 2.41. The van der Waals surface area contributed by atoms with Gasteiger partial charge in [-0.2, -0.15) is 13.2 Å². The van der Waals surface area contributed by atoms with Crippen LogP contribution in [-0.4, -0.2) is 22.9 Å². The van der Waals surface area contributed by atoms with E-state index in [4.69, 9.17) is 0 Å². The number of anilines is 1. The minimum absolute atomic E-state index is 0.0117. The molecule has 1 fully saturated rings. The molecule has 6 nitrogen and oxygen atoms in total. The molecule has 2 aromatic rings. The van der Waals surface area contributed by atoms with Gasteiger partial charge in [0.2, 0.25) is 5.91 Å². The Kier molecular flexibility index (Phi) is 4.73. The van der Waals surface area contributed by atoms with Gasteiger partial charge in [-0.3, -0.25) is 14.4 Å². The summed E-state index contributed by atoms with van der Waals surface area (Å²) >= 11 is 0.754. The summed E-state index contributed by atoms with van der Waals surface area (Å²) in [5, 5.41) is 2.30. The number of hydrogen-bond donors (Lipinski definition) is 1. The Bertz CT molecular complexity index is 1170. The number of imide groups is 1. The summed E-state index contributed by atoms with van der Waals surface area (Å²) in [6, 6.07) is 11.2. The molecule has 2 aliphatic rings. The zero-order valence-corrected chi connectivity index (χ0v) is 16.1. The standard InChI is InChI=1S/C20H12F3N3O3S/c1-10(27)26-14-9-5-2-6-11(14)15(18(26)29)16-17(28)25-19(30-16)24-13-8-4-3-7-12(13)20(21,22)23/h2-9H,1H3,(H,24,25,28)/b16-15-. The quantitative estimate of drug-likeness (QED) is 0.696. The van der Waals surface area contributed by atoms with Crippen molar-refractivity contribution >= 4 is 51.6 Å². The van der Waals surface area contributed by atoms with Crippen molar-refractivity contribution in [2.24, 2.45) is 4.99 Å². The summed E-state index contributed by atoms with van der Waals surface area (Å²) < 4.78 is 39.6. The van der Waals surface area contributed by atoms with Crippen LogP contribution in [0.5, 0.6) is 0 Å². The van der Waals surface area contributed by atoms with Crippen LogP contribution in [0, 0.1) is 0 Å². The lowest BCUT2D eigenvalue weighted by atomic mass is 10.1. The molecule has 0 aliphatic carbocycles. The average molecular weight is 431 g/mol. The maximum atomic E-state index is 13.2. The Morgan fingerprint density at radius 1 is 1.07 bits per heavy atom. The number of benzene rings is 2. The molecular weight excluding hydrogens is 419 g/mol. The van der Waals surface area contributed by atoms with E-state index in [9.17, 15) is 27.6 Å². The maximum absolute atomic E-state index is 13.2. The molecule has 10 heteroatoms. The van der Waals surface area contributed by atoms with Crippen molar-refractivity contribution in [2.75, 3.05) is 4.90 Å². The van der Waals surface area contributed by atoms with Crippen molar-refractivity contribution in [1.29, 1.82) is 0 Å². The number of fused-ring (bicyclic) bond motifs is 1. The lowest BCUT2D eigenvalue weighted by Crippen LogP contribution is -2.31. The van der Waals surface area contributed by atoms with E-state index in [1.165, 1.54) is 25.1 Å². The zero-order chi connectivity index (χ0) is 21.6. The molecule has 2 heterocycles. The Morgan fingerprint density at radius 3 is 2.43 bits per heavy atom. The first-order valence-electron chi connectivity index (χ1n) is 8.61. The number of alkyl halides is 3. The van der Waals surface area contributed by atoms with E-state index in [1.54, 1.807) is 24.3 Å². The van der Waals surface area contributed by atoms with Crippen molar-refractivity contribution < 1.29 is 27.6 Å². The van der Waals surface area contributed by atoms with Crippen molar-refractivity contribution in [3.63, 3.8) is 0 Å². The van der Waals surface area contributed by atoms with Gasteiger partial charge in [0, 0.05) is 12.5 Å². The number of carbonyl (C=O) groups excluding carboxylic acids is 3. The summed E-state index contributed by atoms with van der Waals surface area (Å²) in [6.45, 7) is 1.23. The van der Waals surface area contributed by atoms with Gasteiger partial charge < -0.3 is 5.32 Å². The monoisotopic (exact) mass is 431 g/mol. The predicted octanol–water partition coefficient (Wildman–Crippen LogP) is 3.86. The van der Waals surface area contributed by atoms with Crippen LogP contribution >= 0.6 is 11.8 Å². The minimum atomic E-state index is -4.61. The average Bonchev–Trinajstić information content (AvgIpc) is 3.17. The highest BCUT2D eigenvalue weighted by atomic mass is 32.2. The first-order valence-corrected chi connectivity index (χ1v) is 9.43. The van der Waals surface area contributed by atoms with E-state index >= 15 is 0 Å². The SMILES string of the molecule is CC(=O)N1C(=O)/C(=C2\SC(=Nc3ccccc3C(F)(F)F)NC2=O)c2ccccc21. The van der Waals surface area contributed by atoms with Gasteiger partial charge in [0.05, 0.1) is 27.4 Å². The fraction of sp³-hybridized carbons (Fsp3) is 0.100. The Hall–Kier alpha value is -3.40. The molecule has 4 rings (SSSR count). The van der Waals surface area contributed by atoms with Crippen LogP contribution < -0.4 is 10.2 Å². The number of rotatable bonds is 1. The fourth-order valence-corrected chi connectivity index (χ4v) is 4.13. The number of amides is 3. The molecule has 0 saturated carbocycles. The molecule has 0 radical (unpaired) electrons. The third-order valence-electron chi connectivity index (χ3n) is 4.43. The Balaban J connectivity index is 1.79. The number of nitrogens with zero attached hydrogens (tertiary/aromatic N) is 2. The number of amidine groups is 1. The molecule has 30 heavy (non-hydrogen) atoms. The van der Waals surface area contributed by atoms with E-state index in [2.05, 4.69) is 10.3 Å². The summed E-state index contributed by atoms with van der Waals surface area (Å²) in [4.78, 5) is 42.2. The summed E-state index contributed by atoms with van der Waals surface area (Å²) in [5.41, 5.74) is -0.551. The second-order valence-electron chi connectivity index (χ2n) is 6.37. The fourth-order valence-electron chi connectivity index (χ4n) is 3.21. The zero-order valence-electron chi connectivity index (χ0n) is 15.3. The lowest BCUT2D eigenvalue weighted by molar-refractivity contribution is -0.137. The molecular formula is C20H12F3N3O3S. The molecule has 2 aromatic carbocycles. The molecule has 0 unspecified atom stereocenters. The van der Waals surface area contributed by atoms with Gasteiger partial charge in [0.1, 0.15) is 0 Å². The molecule has 0 atom stereocenters. The van der Waals surface area contributed by atoms with Crippen molar-refractivity contribution in [1.82, 2.24) is 5.32 Å². The third-order valence-corrected chi connectivity index (χ3v) is 5.41. The van der Waals surface area contributed by atoms with Crippen molar-refractivity contribution in [3.05, 3.63) is 64.6 Å². The van der Waals surface area contributed by atoms with E-state index in [-0.39, 0.29) is 21.3 Å². The normalized spacial score (nSPS) is 20.0. The molecule has 152 valence electrons. The molecule has 0 bridgehead atoms. The predicted molar refractivity (Wildman–Crippen MR) is 106 cm³/mol. The smallest absolute Gasteiger partial charge is 0.300 e. The molecule has 0 aromatic heterocycles. The van der Waals surface area contributed by atoms with Crippen LogP contribution in [0.15, 0.2) is 58.4 Å². The van der Waals surface area contributed by atoms with Gasteiger partial charge in [0.25, 0.3) is 11.8 Å². The van der Waals surface area contributed by atoms with Crippen LogP contribution in [0.4, 0.5) is 24.5 Å². The van der Waals surface area contributed by atoms with E-state index in [0.29, 0.717) is 11.3 Å². The third kappa shape index (κ3) is 3.28. The number of hydrogen-bond acceptors (Lipinski definition) is 5. The highest BCUT2D eigenvalue weighted by Crippen LogP contribution is 2.43. The van der Waals surface area contributed by atoms with Gasteiger partial charge in [-0.1, -0.05) is 30.3 Å². The second-order valence-corrected chi connectivity index (χ2v) is 7.37. The van der Waals surface area contributed by atoms with Gasteiger partial charge >= 0.3 is 6.18 Å². The van der Waals surface area contributed by atoms with Crippen molar-refractivity contribution in [2.45, 2.75) is 13.1 Å². The largest absolute Gasteiger partial charge is 0.418 e. The Labute approximate surface area is 172 Å². The van der Waals surface area contributed by atoms with Crippen LogP contribution in [-0.2, 0) is 20.6 Å². The Morgan fingerprint density at radius 2 is 1.73 bits per heavy atom. The first-order chi connectivity index (χ1) is 14.2. The van der Waals surface area contributed by atoms with Crippen molar-refractivity contribution in [3.8, 4) is 0 Å². The van der Waals surface area contributed by atoms with E-state index in [0.717, 1.165) is 22.7 Å². The summed E-state index contributed by atoms with van der Waals surface area (Å²) in [6.07, 6.45) is -4.61. The van der Waals surface area contributed by atoms with Crippen LogP contribution in [0.25, 0.3) is 5.57 Å². The molecule has 1 saturated heterocycles. The van der Waals surface area contributed by atoms with Crippen LogP contribution in [0.3, 0.4) is 0 Å². The van der Waals surface area contributed by atoms with Crippen LogP contribution in [0.1, 0.15) is 18.1 Å². The topological polar surface area (TPSA) is 78.8 Å². The van der Waals surface area contributed by atoms with Gasteiger partial charge in [-0.05, 0) is 30.0 Å². The number of halogens is 3. The number of aliphatic imine (C=N–C) groups is 1. The lowest BCUT2D eigenvalue weighted by Gasteiger charge is -2.11. The second kappa shape index (κ2) is 7.13. The molecule has 3 amide bonds. The minimum Gasteiger partial charge on any atom is -0.300 e. The first kappa shape index (κ1) is 19.9. The highest BCUT2D eigenvalue weighted by molar-refractivity contribution is 8.18.